The maximum absolute atomic E-state index is 13.4. The van der Waals surface area contributed by atoms with Crippen LogP contribution in [0.5, 0.6) is 5.75 Å². The highest BCUT2D eigenvalue weighted by atomic mass is 35.5. The Kier molecular flexibility index (Phi) is 6.45. The largest absolute Gasteiger partial charge is 0.497 e. The second-order valence-corrected chi connectivity index (χ2v) is 10.1. The molecule has 0 aliphatic heterocycles. The molecule has 1 heterocycles. The van der Waals surface area contributed by atoms with Gasteiger partial charge in [-0.2, -0.15) is 0 Å². The van der Waals surface area contributed by atoms with E-state index in [1.54, 1.807) is 49.4 Å². The number of aryl methyl sites for hydroxylation is 1. The van der Waals surface area contributed by atoms with Gasteiger partial charge in [0.2, 0.25) is 21.2 Å². The lowest BCUT2D eigenvalue weighted by Gasteiger charge is -2.15. The number of ether oxygens (including phenoxy) is 1. The van der Waals surface area contributed by atoms with Crippen LogP contribution in [0.15, 0.2) is 87.5 Å². The van der Waals surface area contributed by atoms with Crippen molar-refractivity contribution in [1.29, 1.82) is 0 Å². The van der Waals surface area contributed by atoms with E-state index in [4.69, 9.17) is 16.3 Å². The lowest BCUT2D eigenvalue weighted by Crippen LogP contribution is -2.24. The molecule has 0 spiro atoms. The van der Waals surface area contributed by atoms with Gasteiger partial charge < -0.3 is 14.6 Å². The SMILES string of the molecule is COc1ccc(S(=O)(=O)c2cn(CC(=O)Nc3cccc(Cl)c3)c3ccc(C)cc3c2=O)cc1. The van der Waals surface area contributed by atoms with Crippen LogP contribution < -0.4 is 15.5 Å². The van der Waals surface area contributed by atoms with Crippen LogP contribution >= 0.6 is 11.6 Å². The van der Waals surface area contributed by atoms with E-state index in [1.165, 1.54) is 42.1 Å². The Labute approximate surface area is 201 Å². The summed E-state index contributed by atoms with van der Waals surface area (Å²) in [6.07, 6.45) is 1.22. The molecule has 0 saturated carbocycles. The molecule has 1 aromatic heterocycles. The molecular formula is C25H21ClN2O5S. The monoisotopic (exact) mass is 496 g/mol. The number of pyridine rings is 1. The molecule has 4 aromatic rings. The van der Waals surface area contributed by atoms with E-state index < -0.39 is 26.1 Å². The molecule has 0 aliphatic carbocycles. The van der Waals surface area contributed by atoms with Crippen LogP contribution in [0.3, 0.4) is 0 Å². The summed E-state index contributed by atoms with van der Waals surface area (Å²) in [4.78, 5) is 25.6. The van der Waals surface area contributed by atoms with Crippen LogP contribution in [0, 0.1) is 6.92 Å². The molecule has 0 saturated heterocycles. The van der Waals surface area contributed by atoms with Gasteiger partial charge in [-0.05, 0) is 61.5 Å². The Morgan fingerprint density at radius 1 is 1.06 bits per heavy atom. The molecule has 1 N–H and O–H groups in total. The van der Waals surface area contributed by atoms with Crippen molar-refractivity contribution in [1.82, 2.24) is 4.57 Å². The fourth-order valence-electron chi connectivity index (χ4n) is 3.61. The smallest absolute Gasteiger partial charge is 0.244 e. The zero-order chi connectivity index (χ0) is 24.5. The van der Waals surface area contributed by atoms with Gasteiger partial charge in [-0.25, -0.2) is 8.42 Å². The Balaban J connectivity index is 1.81. The molecule has 0 atom stereocenters. The fraction of sp³-hybridized carbons (Fsp3) is 0.120. The summed E-state index contributed by atoms with van der Waals surface area (Å²) in [5, 5.41) is 3.42. The average molecular weight is 497 g/mol. The lowest BCUT2D eigenvalue weighted by molar-refractivity contribution is -0.116. The number of carbonyl (C=O) groups excluding carboxylic acids is 1. The number of hydrogen-bond donors (Lipinski definition) is 1. The lowest BCUT2D eigenvalue weighted by atomic mass is 10.1. The number of anilines is 1. The molecule has 34 heavy (non-hydrogen) atoms. The minimum atomic E-state index is -4.16. The number of nitrogens with one attached hydrogen (secondary N) is 1. The van der Waals surface area contributed by atoms with Crippen LogP contribution in [0.25, 0.3) is 10.9 Å². The fourth-order valence-corrected chi connectivity index (χ4v) is 5.17. The predicted octanol–water partition coefficient (Wildman–Crippen LogP) is 4.44. The first-order valence-electron chi connectivity index (χ1n) is 10.3. The van der Waals surface area contributed by atoms with Gasteiger partial charge in [-0.15, -0.1) is 0 Å². The molecule has 0 radical (unpaired) electrons. The van der Waals surface area contributed by atoms with Gasteiger partial charge in [0, 0.05) is 22.3 Å². The maximum Gasteiger partial charge on any atom is 0.244 e. The number of benzene rings is 3. The van der Waals surface area contributed by atoms with Crippen LogP contribution in [0.1, 0.15) is 5.56 Å². The minimum Gasteiger partial charge on any atom is -0.497 e. The van der Waals surface area contributed by atoms with Crippen molar-refractivity contribution in [2.75, 3.05) is 12.4 Å². The number of fused-ring (bicyclic) bond motifs is 1. The summed E-state index contributed by atoms with van der Waals surface area (Å²) in [5.74, 6) is 0.0868. The number of halogens is 1. The molecule has 9 heteroatoms. The zero-order valence-corrected chi connectivity index (χ0v) is 20.0. The number of methoxy groups -OCH3 is 1. The highest BCUT2D eigenvalue weighted by Crippen LogP contribution is 2.24. The van der Waals surface area contributed by atoms with Crippen LogP contribution in [0.4, 0.5) is 5.69 Å². The van der Waals surface area contributed by atoms with Gasteiger partial charge in [0.1, 0.15) is 17.2 Å². The van der Waals surface area contributed by atoms with E-state index in [2.05, 4.69) is 5.32 Å². The number of carbonyl (C=O) groups is 1. The van der Waals surface area contributed by atoms with Gasteiger partial charge in [-0.3, -0.25) is 9.59 Å². The third-order valence-corrected chi connectivity index (χ3v) is 7.28. The number of aromatic nitrogens is 1. The first kappa shape index (κ1) is 23.5. The first-order valence-corrected chi connectivity index (χ1v) is 12.1. The molecule has 0 bridgehead atoms. The summed E-state index contributed by atoms with van der Waals surface area (Å²) >= 11 is 5.98. The molecule has 1 amide bonds. The molecule has 0 unspecified atom stereocenters. The number of rotatable bonds is 6. The van der Waals surface area contributed by atoms with Gasteiger partial charge in [0.25, 0.3) is 0 Å². The number of hydrogen-bond acceptors (Lipinski definition) is 5. The molecule has 4 rings (SSSR count). The third-order valence-electron chi connectivity index (χ3n) is 5.28. The highest BCUT2D eigenvalue weighted by Gasteiger charge is 2.24. The van der Waals surface area contributed by atoms with E-state index in [9.17, 15) is 18.0 Å². The van der Waals surface area contributed by atoms with E-state index in [-0.39, 0.29) is 16.8 Å². The number of nitrogens with zero attached hydrogens (tertiary/aromatic N) is 1. The Morgan fingerprint density at radius 2 is 1.79 bits per heavy atom. The second-order valence-electron chi connectivity index (χ2n) is 7.71. The van der Waals surface area contributed by atoms with Crippen LogP contribution in [-0.2, 0) is 21.2 Å². The summed E-state index contributed by atoms with van der Waals surface area (Å²) in [6.45, 7) is 1.59. The average Bonchev–Trinajstić information content (AvgIpc) is 2.80. The molecule has 174 valence electrons. The van der Waals surface area contributed by atoms with E-state index in [0.29, 0.717) is 22.0 Å². The molecular weight excluding hydrogens is 476 g/mol. The Bertz CT molecular complexity index is 1560. The molecule has 3 aromatic carbocycles. The normalized spacial score (nSPS) is 11.4. The topological polar surface area (TPSA) is 94.5 Å². The van der Waals surface area contributed by atoms with E-state index in [1.807, 2.05) is 0 Å². The van der Waals surface area contributed by atoms with Crippen LogP contribution in [0.2, 0.25) is 5.02 Å². The first-order chi connectivity index (χ1) is 16.2. The molecule has 0 fully saturated rings. The predicted molar refractivity (Wildman–Crippen MR) is 131 cm³/mol. The summed E-state index contributed by atoms with van der Waals surface area (Å²) in [5.41, 5.74) is 1.12. The summed E-state index contributed by atoms with van der Waals surface area (Å²) < 4.78 is 33.3. The van der Waals surface area contributed by atoms with Crippen molar-refractivity contribution in [2.45, 2.75) is 23.3 Å². The quantitative estimate of drug-likeness (QED) is 0.426. The van der Waals surface area contributed by atoms with Crippen molar-refractivity contribution in [3.63, 3.8) is 0 Å². The Hall–Kier alpha value is -3.62. The molecule has 0 aliphatic rings. The Morgan fingerprint density at radius 3 is 2.47 bits per heavy atom. The maximum atomic E-state index is 13.4. The molecule has 7 nitrogen and oxygen atoms in total. The second kappa shape index (κ2) is 9.32. The standard InChI is InChI=1S/C25H21ClN2O5S/c1-16-6-11-22-21(12-16)25(30)23(34(31,32)20-9-7-19(33-2)8-10-20)14-28(22)15-24(29)27-18-5-3-4-17(26)13-18/h3-14H,15H2,1-2H3,(H,27,29). The minimum absolute atomic E-state index is 0.0488. The van der Waals surface area contributed by atoms with Crippen molar-refractivity contribution in [2.24, 2.45) is 0 Å². The summed E-state index contributed by atoms with van der Waals surface area (Å²) in [7, 11) is -2.69. The van der Waals surface area contributed by atoms with Crippen molar-refractivity contribution < 1.29 is 17.9 Å². The zero-order valence-electron chi connectivity index (χ0n) is 18.4. The van der Waals surface area contributed by atoms with Crippen LogP contribution in [-0.4, -0.2) is 26.0 Å². The van der Waals surface area contributed by atoms with E-state index in [0.717, 1.165) is 5.56 Å². The van der Waals surface area contributed by atoms with Gasteiger partial charge in [-0.1, -0.05) is 29.3 Å². The number of amides is 1. The van der Waals surface area contributed by atoms with Crippen molar-refractivity contribution >= 4 is 43.9 Å². The van der Waals surface area contributed by atoms with Gasteiger partial charge >= 0.3 is 0 Å². The summed E-state index contributed by atoms with van der Waals surface area (Å²) in [6, 6.07) is 17.6. The van der Waals surface area contributed by atoms with Gasteiger partial charge in [0.05, 0.1) is 17.5 Å². The van der Waals surface area contributed by atoms with Gasteiger partial charge in [0.15, 0.2) is 0 Å². The highest BCUT2D eigenvalue weighted by molar-refractivity contribution is 7.91. The van der Waals surface area contributed by atoms with Crippen molar-refractivity contribution in [3.05, 3.63) is 93.7 Å². The van der Waals surface area contributed by atoms with Crippen molar-refractivity contribution in [3.8, 4) is 5.75 Å². The van der Waals surface area contributed by atoms with E-state index >= 15 is 0 Å². The third kappa shape index (κ3) is 4.69. The number of sulfone groups is 1.